The highest BCUT2D eigenvalue weighted by Crippen LogP contribution is 2.32. The second-order valence-electron chi connectivity index (χ2n) is 5.66. The number of halogens is 2. The van der Waals surface area contributed by atoms with E-state index in [1.165, 1.54) is 6.07 Å². The second kappa shape index (κ2) is 6.86. The first kappa shape index (κ1) is 16.2. The molecule has 1 aliphatic rings. The summed E-state index contributed by atoms with van der Waals surface area (Å²) < 4.78 is 29.5. The van der Waals surface area contributed by atoms with Crippen LogP contribution in [0.2, 0.25) is 0 Å². The predicted octanol–water partition coefficient (Wildman–Crippen LogP) is 3.39. The number of anilines is 2. The first-order valence-electron chi connectivity index (χ1n) is 7.76. The highest BCUT2D eigenvalue weighted by atomic mass is 19.3. The van der Waals surface area contributed by atoms with Crippen LogP contribution >= 0.6 is 0 Å². The summed E-state index contributed by atoms with van der Waals surface area (Å²) >= 11 is 0. The summed E-state index contributed by atoms with van der Waals surface area (Å²) in [4.78, 5) is 14.4. The SMILES string of the molecule is Nc1cccc2c1CCCN2C(=O)Cc1ccccc1OC(F)F. The molecule has 0 atom stereocenters. The molecule has 2 N–H and O–H groups in total. The minimum atomic E-state index is -2.92. The van der Waals surface area contributed by atoms with E-state index >= 15 is 0 Å². The maximum absolute atomic E-state index is 12.7. The van der Waals surface area contributed by atoms with Crippen molar-refractivity contribution >= 4 is 17.3 Å². The lowest BCUT2D eigenvalue weighted by Crippen LogP contribution is -2.36. The Labute approximate surface area is 138 Å². The molecule has 0 saturated carbocycles. The Morgan fingerprint density at radius 2 is 2.00 bits per heavy atom. The summed E-state index contributed by atoms with van der Waals surface area (Å²) in [6.45, 7) is -2.33. The van der Waals surface area contributed by atoms with Gasteiger partial charge in [0.2, 0.25) is 5.91 Å². The van der Waals surface area contributed by atoms with Gasteiger partial charge in [0.05, 0.1) is 6.42 Å². The van der Waals surface area contributed by atoms with Crippen LogP contribution in [0.3, 0.4) is 0 Å². The average Bonchev–Trinajstić information content (AvgIpc) is 2.56. The Morgan fingerprint density at radius 1 is 1.21 bits per heavy atom. The molecule has 1 aliphatic heterocycles. The molecule has 0 bridgehead atoms. The fourth-order valence-corrected chi connectivity index (χ4v) is 3.03. The fraction of sp³-hybridized carbons (Fsp3) is 0.278. The van der Waals surface area contributed by atoms with Crippen LogP contribution in [0.1, 0.15) is 17.5 Å². The van der Waals surface area contributed by atoms with Gasteiger partial charge in [-0.15, -0.1) is 0 Å². The summed E-state index contributed by atoms with van der Waals surface area (Å²) in [5.74, 6) is -0.127. The van der Waals surface area contributed by atoms with Gasteiger partial charge in [-0.1, -0.05) is 24.3 Å². The molecule has 3 rings (SSSR count). The summed E-state index contributed by atoms with van der Waals surface area (Å²) in [6.07, 6.45) is 1.65. The van der Waals surface area contributed by atoms with Gasteiger partial charge >= 0.3 is 6.61 Å². The van der Waals surface area contributed by atoms with Crippen LogP contribution in [0.4, 0.5) is 20.2 Å². The number of para-hydroxylation sites is 1. The van der Waals surface area contributed by atoms with E-state index in [9.17, 15) is 13.6 Å². The van der Waals surface area contributed by atoms with Crippen molar-refractivity contribution in [3.05, 3.63) is 53.6 Å². The van der Waals surface area contributed by atoms with Crippen molar-refractivity contribution in [2.75, 3.05) is 17.2 Å². The molecule has 0 radical (unpaired) electrons. The third-order valence-corrected chi connectivity index (χ3v) is 4.12. The lowest BCUT2D eigenvalue weighted by molar-refractivity contribution is -0.118. The van der Waals surface area contributed by atoms with Crippen molar-refractivity contribution in [3.8, 4) is 5.75 Å². The molecular formula is C18H18F2N2O2. The van der Waals surface area contributed by atoms with Crippen molar-refractivity contribution in [1.82, 2.24) is 0 Å². The Bertz CT molecular complexity index is 750. The highest BCUT2D eigenvalue weighted by molar-refractivity contribution is 5.97. The van der Waals surface area contributed by atoms with E-state index in [4.69, 9.17) is 5.73 Å². The number of nitrogen functional groups attached to an aromatic ring is 1. The van der Waals surface area contributed by atoms with Gasteiger partial charge in [0, 0.05) is 23.5 Å². The van der Waals surface area contributed by atoms with Crippen LogP contribution in [0.15, 0.2) is 42.5 Å². The number of benzene rings is 2. The minimum Gasteiger partial charge on any atom is -0.435 e. The molecule has 2 aromatic rings. The van der Waals surface area contributed by atoms with Gasteiger partial charge in [-0.05, 0) is 36.6 Å². The lowest BCUT2D eigenvalue weighted by atomic mass is 9.99. The normalized spacial score (nSPS) is 13.7. The van der Waals surface area contributed by atoms with Gasteiger partial charge in [0.25, 0.3) is 0 Å². The first-order valence-corrected chi connectivity index (χ1v) is 7.76. The smallest absolute Gasteiger partial charge is 0.387 e. The number of carbonyl (C=O) groups is 1. The van der Waals surface area contributed by atoms with Crippen LogP contribution in [0.25, 0.3) is 0 Å². The molecule has 0 aromatic heterocycles. The van der Waals surface area contributed by atoms with Gasteiger partial charge in [0.15, 0.2) is 0 Å². The molecule has 24 heavy (non-hydrogen) atoms. The van der Waals surface area contributed by atoms with Gasteiger partial charge < -0.3 is 15.4 Å². The Balaban J connectivity index is 1.84. The molecule has 126 valence electrons. The highest BCUT2D eigenvalue weighted by Gasteiger charge is 2.24. The zero-order chi connectivity index (χ0) is 17.1. The van der Waals surface area contributed by atoms with Crippen LogP contribution in [0.5, 0.6) is 5.75 Å². The second-order valence-corrected chi connectivity index (χ2v) is 5.66. The van der Waals surface area contributed by atoms with E-state index in [0.29, 0.717) is 17.8 Å². The molecule has 0 unspecified atom stereocenters. The minimum absolute atomic E-state index is 0.00284. The molecule has 0 fully saturated rings. The fourth-order valence-electron chi connectivity index (χ4n) is 3.03. The molecule has 6 heteroatoms. The number of amides is 1. The van der Waals surface area contributed by atoms with Crippen LogP contribution in [-0.4, -0.2) is 19.1 Å². The number of fused-ring (bicyclic) bond motifs is 1. The number of carbonyl (C=O) groups excluding carboxylic acids is 1. The summed E-state index contributed by atoms with van der Waals surface area (Å²) in [5.41, 5.74) is 8.88. The molecule has 0 spiro atoms. The van der Waals surface area contributed by atoms with Gasteiger partial charge in [-0.2, -0.15) is 8.78 Å². The van der Waals surface area contributed by atoms with E-state index in [2.05, 4.69) is 4.74 Å². The molecule has 1 heterocycles. The summed E-state index contributed by atoms with van der Waals surface area (Å²) in [5, 5.41) is 0. The molecule has 1 amide bonds. The maximum Gasteiger partial charge on any atom is 0.387 e. The van der Waals surface area contributed by atoms with E-state index in [0.717, 1.165) is 24.1 Å². The number of hydrogen-bond donors (Lipinski definition) is 1. The zero-order valence-corrected chi connectivity index (χ0v) is 13.0. The third kappa shape index (κ3) is 3.32. The van der Waals surface area contributed by atoms with Crippen molar-refractivity contribution in [1.29, 1.82) is 0 Å². The van der Waals surface area contributed by atoms with Crippen LogP contribution in [0, 0.1) is 0 Å². The quantitative estimate of drug-likeness (QED) is 0.873. The van der Waals surface area contributed by atoms with Gasteiger partial charge in [-0.25, -0.2) is 0 Å². The molecule has 0 saturated heterocycles. The number of ether oxygens (including phenoxy) is 1. The van der Waals surface area contributed by atoms with Crippen molar-refractivity contribution < 1.29 is 18.3 Å². The van der Waals surface area contributed by atoms with Crippen molar-refractivity contribution in [2.24, 2.45) is 0 Å². The van der Waals surface area contributed by atoms with E-state index in [1.807, 2.05) is 18.2 Å². The Morgan fingerprint density at radius 3 is 2.79 bits per heavy atom. The van der Waals surface area contributed by atoms with Crippen LogP contribution < -0.4 is 15.4 Å². The predicted molar refractivity (Wildman–Crippen MR) is 88.3 cm³/mol. The molecule has 0 aliphatic carbocycles. The van der Waals surface area contributed by atoms with E-state index in [1.54, 1.807) is 23.1 Å². The summed E-state index contributed by atoms with van der Waals surface area (Å²) in [7, 11) is 0. The topological polar surface area (TPSA) is 55.6 Å². The average molecular weight is 332 g/mol. The van der Waals surface area contributed by atoms with Gasteiger partial charge in [0.1, 0.15) is 5.75 Å². The third-order valence-electron chi connectivity index (χ3n) is 4.12. The number of alkyl halides is 2. The number of rotatable bonds is 4. The maximum atomic E-state index is 12.7. The number of hydrogen-bond acceptors (Lipinski definition) is 3. The van der Waals surface area contributed by atoms with E-state index in [-0.39, 0.29) is 18.1 Å². The summed E-state index contributed by atoms with van der Waals surface area (Å²) in [6, 6.07) is 11.9. The molecule has 4 nitrogen and oxygen atoms in total. The van der Waals surface area contributed by atoms with Crippen LogP contribution in [-0.2, 0) is 17.6 Å². The Kier molecular flexibility index (Phi) is 4.64. The van der Waals surface area contributed by atoms with Crippen molar-refractivity contribution in [3.63, 3.8) is 0 Å². The molecule has 2 aromatic carbocycles. The molecular weight excluding hydrogens is 314 g/mol. The lowest BCUT2D eigenvalue weighted by Gasteiger charge is -2.30. The monoisotopic (exact) mass is 332 g/mol. The Hall–Kier alpha value is -2.63. The van der Waals surface area contributed by atoms with Gasteiger partial charge in [-0.3, -0.25) is 4.79 Å². The standard InChI is InChI=1S/C18H18F2N2O2/c19-18(20)24-16-9-2-1-5-12(16)11-17(23)22-10-4-6-13-14(21)7-3-8-15(13)22/h1-3,5,7-9,18H,4,6,10-11,21H2. The number of nitrogens with two attached hydrogens (primary N) is 1. The largest absolute Gasteiger partial charge is 0.435 e. The van der Waals surface area contributed by atoms with Crippen molar-refractivity contribution in [2.45, 2.75) is 25.9 Å². The first-order chi connectivity index (χ1) is 11.6. The van der Waals surface area contributed by atoms with E-state index < -0.39 is 6.61 Å². The zero-order valence-electron chi connectivity index (χ0n) is 13.0. The number of nitrogens with zero attached hydrogens (tertiary/aromatic N) is 1.